The Morgan fingerprint density at radius 3 is 2.25 bits per heavy atom. The number of benzene rings is 3. The molecule has 1 aliphatic rings. The number of aromatic nitrogens is 1. The van der Waals surface area contributed by atoms with Gasteiger partial charge < -0.3 is 14.2 Å². The third-order valence-electron chi connectivity index (χ3n) is 6.77. The Hall–Kier alpha value is -3.58. The summed E-state index contributed by atoms with van der Waals surface area (Å²) >= 11 is 0. The fourth-order valence-electron chi connectivity index (χ4n) is 4.89. The van der Waals surface area contributed by atoms with Gasteiger partial charge >= 0.3 is 6.18 Å². The quantitative estimate of drug-likeness (QED) is 0.327. The standard InChI is InChI=1S/C29H27F3N2O2/c30-29(31,32)23-12-10-22(11-13-23)25(18-28(35)33-14-16-36-17-15-33)26-20-34(19-21-6-2-1-3-7-21)27-9-5-4-8-24(26)27/h1-13,20,25H,14-19H2/t25-/m1/s1. The van der Waals surface area contributed by atoms with Crippen LogP contribution in [0.3, 0.4) is 0 Å². The lowest BCUT2D eigenvalue weighted by atomic mass is 9.87. The maximum atomic E-state index is 13.3. The second-order valence-corrected chi connectivity index (χ2v) is 9.08. The minimum Gasteiger partial charge on any atom is -0.378 e. The molecule has 0 radical (unpaired) electrons. The normalized spacial score (nSPS) is 15.2. The number of carbonyl (C=O) groups is 1. The van der Waals surface area contributed by atoms with E-state index >= 15 is 0 Å². The van der Waals surface area contributed by atoms with Gasteiger partial charge in [0, 0.05) is 49.1 Å². The zero-order valence-electron chi connectivity index (χ0n) is 19.7. The summed E-state index contributed by atoms with van der Waals surface area (Å²) in [4.78, 5) is 15.1. The van der Waals surface area contributed by atoms with Crippen molar-refractivity contribution in [1.82, 2.24) is 9.47 Å². The lowest BCUT2D eigenvalue weighted by molar-refractivity contribution is -0.138. The predicted octanol–water partition coefficient (Wildman–Crippen LogP) is 6.09. The molecule has 186 valence electrons. The Balaban J connectivity index is 1.56. The predicted molar refractivity (Wildman–Crippen MR) is 133 cm³/mol. The van der Waals surface area contributed by atoms with E-state index in [1.165, 1.54) is 12.1 Å². The van der Waals surface area contributed by atoms with E-state index in [1.54, 1.807) is 4.90 Å². The number of carbonyl (C=O) groups excluding carboxylic acids is 1. The van der Waals surface area contributed by atoms with Gasteiger partial charge in [0.1, 0.15) is 0 Å². The highest BCUT2D eigenvalue weighted by Gasteiger charge is 2.31. The minimum absolute atomic E-state index is 0.0249. The van der Waals surface area contributed by atoms with Crippen molar-refractivity contribution in [3.63, 3.8) is 0 Å². The number of hydrogen-bond donors (Lipinski definition) is 0. The van der Waals surface area contributed by atoms with Crippen molar-refractivity contribution in [2.45, 2.75) is 25.1 Å². The van der Waals surface area contributed by atoms with Gasteiger partial charge in [0.15, 0.2) is 0 Å². The van der Waals surface area contributed by atoms with Crippen molar-refractivity contribution < 1.29 is 22.7 Å². The highest BCUT2D eigenvalue weighted by atomic mass is 19.4. The van der Waals surface area contributed by atoms with Crippen LogP contribution >= 0.6 is 0 Å². The Kier molecular flexibility index (Phi) is 6.83. The fraction of sp³-hybridized carbons (Fsp3) is 0.276. The summed E-state index contributed by atoms with van der Waals surface area (Å²) in [5.74, 6) is -0.410. The van der Waals surface area contributed by atoms with Crippen LogP contribution in [-0.4, -0.2) is 41.7 Å². The van der Waals surface area contributed by atoms with E-state index in [0.29, 0.717) is 38.4 Å². The van der Waals surface area contributed by atoms with Crippen LogP contribution < -0.4 is 0 Å². The molecule has 1 aromatic heterocycles. The molecule has 0 unspecified atom stereocenters. The monoisotopic (exact) mass is 492 g/mol. The Labute approximate surface area is 207 Å². The maximum Gasteiger partial charge on any atom is 0.416 e. The summed E-state index contributed by atoms with van der Waals surface area (Å²) in [6.45, 7) is 2.68. The second-order valence-electron chi connectivity index (χ2n) is 9.08. The summed E-state index contributed by atoms with van der Waals surface area (Å²) in [5, 5.41) is 0.994. The van der Waals surface area contributed by atoms with Gasteiger partial charge in [-0.05, 0) is 34.9 Å². The second kappa shape index (κ2) is 10.2. The van der Waals surface area contributed by atoms with Gasteiger partial charge in [-0.1, -0.05) is 60.7 Å². The SMILES string of the molecule is O=C(C[C@H](c1ccc(C(F)(F)F)cc1)c1cn(Cc2ccccc2)c2ccccc12)N1CCOCC1. The Morgan fingerprint density at radius 2 is 1.56 bits per heavy atom. The van der Waals surface area contributed by atoms with Crippen LogP contribution in [0.5, 0.6) is 0 Å². The third kappa shape index (κ3) is 5.16. The molecule has 1 aliphatic heterocycles. The highest BCUT2D eigenvalue weighted by molar-refractivity contribution is 5.87. The number of nitrogens with zero attached hydrogens (tertiary/aromatic N) is 2. The molecular formula is C29H27F3N2O2. The molecule has 3 aromatic carbocycles. The van der Waals surface area contributed by atoms with Gasteiger partial charge in [0.25, 0.3) is 0 Å². The molecule has 7 heteroatoms. The molecule has 1 atom stereocenters. The summed E-state index contributed by atoms with van der Waals surface area (Å²) < 4.78 is 47.2. The van der Waals surface area contributed by atoms with E-state index in [-0.39, 0.29) is 18.2 Å². The average Bonchev–Trinajstić information content (AvgIpc) is 3.26. The van der Waals surface area contributed by atoms with Gasteiger partial charge in [-0.15, -0.1) is 0 Å². The molecule has 0 saturated carbocycles. The number of hydrogen-bond acceptors (Lipinski definition) is 2. The van der Waals surface area contributed by atoms with Crippen LogP contribution in [-0.2, 0) is 22.3 Å². The van der Waals surface area contributed by atoms with Gasteiger partial charge in [-0.2, -0.15) is 13.2 Å². The third-order valence-corrected chi connectivity index (χ3v) is 6.77. The Morgan fingerprint density at radius 1 is 0.889 bits per heavy atom. The lowest BCUT2D eigenvalue weighted by Crippen LogP contribution is -2.41. The smallest absolute Gasteiger partial charge is 0.378 e. The topological polar surface area (TPSA) is 34.5 Å². The van der Waals surface area contributed by atoms with Crippen LogP contribution in [0, 0.1) is 0 Å². The molecule has 0 N–H and O–H groups in total. The van der Waals surface area contributed by atoms with E-state index in [2.05, 4.69) is 16.7 Å². The molecule has 1 fully saturated rings. The minimum atomic E-state index is -4.41. The van der Waals surface area contributed by atoms with Crippen LogP contribution in [0.4, 0.5) is 13.2 Å². The number of rotatable bonds is 6. The molecule has 36 heavy (non-hydrogen) atoms. The summed E-state index contributed by atoms with van der Waals surface area (Å²) in [5.41, 5.74) is 3.08. The largest absolute Gasteiger partial charge is 0.416 e. The number of fused-ring (bicyclic) bond motifs is 1. The summed E-state index contributed by atoms with van der Waals surface area (Å²) in [6.07, 6.45) is -2.19. The molecular weight excluding hydrogens is 465 g/mol. The zero-order valence-corrected chi connectivity index (χ0v) is 19.7. The van der Waals surface area contributed by atoms with E-state index in [9.17, 15) is 18.0 Å². The van der Waals surface area contributed by atoms with Crippen LogP contribution in [0.2, 0.25) is 0 Å². The van der Waals surface area contributed by atoms with Crippen molar-refractivity contribution in [2.24, 2.45) is 0 Å². The molecule has 1 amide bonds. The Bertz CT molecular complexity index is 1320. The molecule has 0 bridgehead atoms. The van der Waals surface area contributed by atoms with Crippen molar-refractivity contribution in [3.05, 3.63) is 107 Å². The molecule has 4 nitrogen and oxygen atoms in total. The summed E-state index contributed by atoms with van der Waals surface area (Å²) in [6, 6.07) is 23.3. The van der Waals surface area contributed by atoms with Crippen molar-refractivity contribution >= 4 is 16.8 Å². The number of halogens is 3. The first kappa shape index (κ1) is 24.1. The van der Waals surface area contributed by atoms with Crippen LogP contribution in [0.15, 0.2) is 85.1 Å². The fourth-order valence-corrected chi connectivity index (χ4v) is 4.89. The number of morpholine rings is 1. The molecule has 5 rings (SSSR count). The molecule has 1 saturated heterocycles. The van der Waals surface area contributed by atoms with Crippen LogP contribution in [0.1, 0.15) is 34.6 Å². The number of alkyl halides is 3. The van der Waals surface area contributed by atoms with E-state index in [4.69, 9.17) is 4.74 Å². The first-order chi connectivity index (χ1) is 17.4. The molecule has 0 spiro atoms. The maximum absolute atomic E-state index is 13.3. The van der Waals surface area contributed by atoms with Gasteiger partial charge in [-0.3, -0.25) is 4.79 Å². The van der Waals surface area contributed by atoms with E-state index in [1.807, 2.05) is 48.7 Å². The number of ether oxygens (including phenoxy) is 1. The summed E-state index contributed by atoms with van der Waals surface area (Å²) in [7, 11) is 0. The lowest BCUT2D eigenvalue weighted by Gasteiger charge is -2.29. The molecule has 4 aromatic rings. The number of para-hydroxylation sites is 1. The first-order valence-corrected chi connectivity index (χ1v) is 12.0. The van der Waals surface area contributed by atoms with Gasteiger partial charge in [0.05, 0.1) is 18.8 Å². The van der Waals surface area contributed by atoms with Crippen molar-refractivity contribution in [3.8, 4) is 0 Å². The molecule has 2 heterocycles. The zero-order chi connectivity index (χ0) is 25.1. The van der Waals surface area contributed by atoms with E-state index in [0.717, 1.165) is 34.2 Å². The van der Waals surface area contributed by atoms with Crippen molar-refractivity contribution in [2.75, 3.05) is 26.3 Å². The van der Waals surface area contributed by atoms with Gasteiger partial charge in [-0.25, -0.2) is 0 Å². The van der Waals surface area contributed by atoms with Crippen LogP contribution in [0.25, 0.3) is 10.9 Å². The van der Waals surface area contributed by atoms with Crippen molar-refractivity contribution in [1.29, 1.82) is 0 Å². The van der Waals surface area contributed by atoms with E-state index < -0.39 is 11.7 Å². The number of amides is 1. The first-order valence-electron chi connectivity index (χ1n) is 12.0. The van der Waals surface area contributed by atoms with Gasteiger partial charge in [0.2, 0.25) is 5.91 Å². The average molecular weight is 493 g/mol. The molecule has 0 aliphatic carbocycles. The highest BCUT2D eigenvalue weighted by Crippen LogP contribution is 2.37.